The number of halogens is 4. The first-order valence-corrected chi connectivity index (χ1v) is 9.32. The molecule has 1 aromatic heterocycles. The van der Waals surface area contributed by atoms with Gasteiger partial charge in [0, 0.05) is 36.6 Å². The quantitative estimate of drug-likeness (QED) is 0.701. The fourth-order valence-electron chi connectivity index (χ4n) is 2.51. The molecular formula is C20H21ClF3N3O2. The summed E-state index contributed by atoms with van der Waals surface area (Å²) in [5, 5.41) is 5.45. The van der Waals surface area contributed by atoms with Crippen LogP contribution in [0.15, 0.2) is 36.5 Å². The highest BCUT2D eigenvalue weighted by Gasteiger charge is 2.30. The number of carbonyl (C=O) groups is 2. The van der Waals surface area contributed by atoms with Crippen LogP contribution >= 0.6 is 11.6 Å². The third-order valence-electron chi connectivity index (χ3n) is 4.13. The maximum Gasteiger partial charge on any atom is 0.416 e. The predicted molar refractivity (Wildman–Crippen MR) is 103 cm³/mol. The number of rotatable bonds is 7. The van der Waals surface area contributed by atoms with Crippen LogP contribution in [-0.2, 0) is 23.9 Å². The van der Waals surface area contributed by atoms with Gasteiger partial charge in [-0.05, 0) is 35.9 Å². The fraction of sp³-hybridized carbons (Fsp3) is 0.350. The molecule has 2 rings (SSSR count). The number of hydrogen-bond donors (Lipinski definition) is 2. The molecular weight excluding hydrogens is 407 g/mol. The average molecular weight is 428 g/mol. The summed E-state index contributed by atoms with van der Waals surface area (Å²) in [6, 6.07) is 6.10. The maximum absolute atomic E-state index is 12.9. The molecule has 0 bridgehead atoms. The number of hydrogen-bond acceptors (Lipinski definition) is 3. The second kappa shape index (κ2) is 9.73. The summed E-state index contributed by atoms with van der Waals surface area (Å²) in [7, 11) is 0. The van der Waals surface area contributed by atoms with Gasteiger partial charge in [-0.15, -0.1) is 0 Å². The van der Waals surface area contributed by atoms with Crippen molar-refractivity contribution in [3.8, 4) is 0 Å². The van der Waals surface area contributed by atoms with E-state index in [9.17, 15) is 22.8 Å². The Balaban J connectivity index is 2.06. The fourth-order valence-corrected chi connectivity index (χ4v) is 2.69. The third-order valence-corrected chi connectivity index (χ3v) is 4.50. The normalized spacial score (nSPS) is 11.4. The zero-order valence-electron chi connectivity index (χ0n) is 15.9. The van der Waals surface area contributed by atoms with Crippen molar-refractivity contribution < 1.29 is 22.8 Å². The first kappa shape index (κ1) is 22.7. The molecule has 2 amide bonds. The van der Waals surface area contributed by atoms with E-state index >= 15 is 0 Å². The molecule has 0 aliphatic rings. The van der Waals surface area contributed by atoms with E-state index in [1.165, 1.54) is 6.20 Å². The van der Waals surface area contributed by atoms with Gasteiger partial charge in [0.25, 0.3) is 5.91 Å². The molecule has 1 aromatic carbocycles. The first-order chi connectivity index (χ1) is 13.6. The predicted octanol–water partition coefficient (Wildman–Crippen LogP) is 4.00. The Morgan fingerprint density at radius 3 is 2.55 bits per heavy atom. The number of nitrogens with one attached hydrogen (secondary N) is 2. The number of benzene rings is 1. The van der Waals surface area contributed by atoms with Crippen LogP contribution in [0, 0.1) is 5.92 Å². The van der Waals surface area contributed by atoms with Crippen molar-refractivity contribution in [1.82, 2.24) is 15.6 Å². The minimum atomic E-state index is -4.50. The summed E-state index contributed by atoms with van der Waals surface area (Å²) in [4.78, 5) is 28.3. The van der Waals surface area contributed by atoms with Crippen LogP contribution in [0.5, 0.6) is 0 Å². The van der Waals surface area contributed by atoms with Gasteiger partial charge in [0.15, 0.2) is 0 Å². The summed E-state index contributed by atoms with van der Waals surface area (Å²) in [6.45, 7) is 3.69. The Bertz CT molecular complexity index is 886. The summed E-state index contributed by atoms with van der Waals surface area (Å²) in [6.07, 6.45) is -2.63. The molecule has 29 heavy (non-hydrogen) atoms. The zero-order chi connectivity index (χ0) is 21.6. The van der Waals surface area contributed by atoms with E-state index in [1.807, 2.05) is 0 Å². The monoisotopic (exact) mass is 427 g/mol. The zero-order valence-corrected chi connectivity index (χ0v) is 16.7. The second-order valence-corrected chi connectivity index (χ2v) is 7.09. The van der Waals surface area contributed by atoms with Gasteiger partial charge in [0.05, 0.1) is 16.8 Å². The lowest BCUT2D eigenvalue weighted by Crippen LogP contribution is -2.30. The Morgan fingerprint density at radius 1 is 1.17 bits per heavy atom. The number of nitrogens with zero attached hydrogens (tertiary/aromatic N) is 1. The lowest BCUT2D eigenvalue weighted by Gasteiger charge is -2.13. The standard InChI is InChI=1S/C20H21ClF3N3O2/c1-12(2)18(28)26-9-7-17-15(4-3-8-25-17)19(29)27-11-13-10-14(20(22,23)24)5-6-16(13)21/h3-6,8,10,12H,7,9,11H2,1-2H3,(H,26,28)(H,27,29). The number of pyridine rings is 1. The van der Waals surface area contributed by atoms with Gasteiger partial charge in [0.1, 0.15) is 0 Å². The van der Waals surface area contributed by atoms with Crippen molar-refractivity contribution in [2.75, 3.05) is 6.54 Å². The molecule has 0 saturated carbocycles. The van der Waals surface area contributed by atoms with Crippen LogP contribution in [0.25, 0.3) is 0 Å². The van der Waals surface area contributed by atoms with Gasteiger partial charge in [0.2, 0.25) is 5.91 Å². The van der Waals surface area contributed by atoms with Crippen LogP contribution in [-0.4, -0.2) is 23.3 Å². The van der Waals surface area contributed by atoms with Crippen molar-refractivity contribution in [2.45, 2.75) is 33.0 Å². The molecule has 0 spiro atoms. The Morgan fingerprint density at radius 2 is 1.90 bits per heavy atom. The summed E-state index contributed by atoms with van der Waals surface area (Å²) < 4.78 is 38.6. The van der Waals surface area contributed by atoms with E-state index in [0.717, 1.165) is 18.2 Å². The topological polar surface area (TPSA) is 71.1 Å². The molecule has 156 valence electrons. The van der Waals surface area contributed by atoms with E-state index < -0.39 is 17.6 Å². The molecule has 0 fully saturated rings. The summed E-state index contributed by atoms with van der Waals surface area (Å²) >= 11 is 5.96. The molecule has 2 N–H and O–H groups in total. The summed E-state index contributed by atoms with van der Waals surface area (Å²) in [5.74, 6) is -0.749. The molecule has 0 saturated heterocycles. The van der Waals surface area contributed by atoms with Crippen molar-refractivity contribution in [3.63, 3.8) is 0 Å². The van der Waals surface area contributed by atoms with Crippen LogP contribution in [0.2, 0.25) is 5.02 Å². The molecule has 0 atom stereocenters. The molecule has 5 nitrogen and oxygen atoms in total. The molecule has 0 unspecified atom stereocenters. The van der Waals surface area contributed by atoms with E-state index in [-0.39, 0.29) is 34.5 Å². The molecule has 2 aromatic rings. The number of alkyl halides is 3. The Hall–Kier alpha value is -2.61. The number of carbonyl (C=O) groups excluding carboxylic acids is 2. The first-order valence-electron chi connectivity index (χ1n) is 8.95. The third kappa shape index (κ3) is 6.45. The second-order valence-electron chi connectivity index (χ2n) is 6.68. The molecule has 0 aliphatic heterocycles. The molecule has 9 heteroatoms. The maximum atomic E-state index is 12.9. The minimum Gasteiger partial charge on any atom is -0.355 e. The van der Waals surface area contributed by atoms with Crippen molar-refractivity contribution in [2.24, 2.45) is 5.92 Å². The Kier molecular flexibility index (Phi) is 7.61. The highest BCUT2D eigenvalue weighted by atomic mass is 35.5. The number of amides is 2. The van der Waals surface area contributed by atoms with E-state index in [1.54, 1.807) is 26.0 Å². The van der Waals surface area contributed by atoms with Crippen LogP contribution in [0.3, 0.4) is 0 Å². The SMILES string of the molecule is CC(C)C(=O)NCCc1ncccc1C(=O)NCc1cc(C(F)(F)F)ccc1Cl. The van der Waals surface area contributed by atoms with E-state index in [4.69, 9.17) is 11.6 Å². The van der Waals surface area contributed by atoms with Crippen molar-refractivity contribution in [3.05, 3.63) is 63.9 Å². The molecule has 0 aliphatic carbocycles. The van der Waals surface area contributed by atoms with Gasteiger partial charge in [-0.1, -0.05) is 25.4 Å². The van der Waals surface area contributed by atoms with Crippen molar-refractivity contribution >= 4 is 23.4 Å². The smallest absolute Gasteiger partial charge is 0.355 e. The van der Waals surface area contributed by atoms with Gasteiger partial charge >= 0.3 is 6.18 Å². The van der Waals surface area contributed by atoms with E-state index in [0.29, 0.717) is 18.7 Å². The van der Waals surface area contributed by atoms with Crippen molar-refractivity contribution in [1.29, 1.82) is 0 Å². The van der Waals surface area contributed by atoms with Gasteiger partial charge < -0.3 is 10.6 Å². The summed E-state index contributed by atoms with van der Waals surface area (Å²) in [5.41, 5.74) is 0.0807. The average Bonchev–Trinajstić information content (AvgIpc) is 2.66. The van der Waals surface area contributed by atoms with Gasteiger partial charge in [-0.2, -0.15) is 13.2 Å². The molecule has 0 radical (unpaired) electrons. The van der Waals surface area contributed by atoms with Crippen LogP contribution in [0.1, 0.15) is 41.0 Å². The lowest BCUT2D eigenvalue weighted by atomic mass is 10.1. The van der Waals surface area contributed by atoms with Crippen LogP contribution < -0.4 is 10.6 Å². The van der Waals surface area contributed by atoms with Crippen LogP contribution in [0.4, 0.5) is 13.2 Å². The highest BCUT2D eigenvalue weighted by Crippen LogP contribution is 2.31. The highest BCUT2D eigenvalue weighted by molar-refractivity contribution is 6.31. The number of aromatic nitrogens is 1. The lowest BCUT2D eigenvalue weighted by molar-refractivity contribution is -0.137. The Labute approximate surface area is 171 Å². The minimum absolute atomic E-state index is 0.105. The molecule has 1 heterocycles. The largest absolute Gasteiger partial charge is 0.416 e. The van der Waals surface area contributed by atoms with E-state index in [2.05, 4.69) is 15.6 Å². The van der Waals surface area contributed by atoms with Gasteiger partial charge in [-0.25, -0.2) is 0 Å². The van der Waals surface area contributed by atoms with Gasteiger partial charge in [-0.3, -0.25) is 14.6 Å².